The monoisotopic (exact) mass is 346 g/mol. The van der Waals surface area contributed by atoms with Crippen molar-refractivity contribution >= 4 is 0 Å². The van der Waals surface area contributed by atoms with E-state index in [1.807, 2.05) is 37.3 Å². The molecule has 2 aromatic rings. The van der Waals surface area contributed by atoms with E-state index < -0.39 is 12.2 Å². The zero-order chi connectivity index (χ0) is 18.2. The quantitative estimate of drug-likeness (QED) is 0.731. The molecule has 0 amide bonds. The lowest BCUT2D eigenvalue weighted by atomic mass is 10.0. The molecule has 5 heteroatoms. The lowest BCUT2D eigenvalue weighted by Gasteiger charge is -2.23. The highest BCUT2D eigenvalue weighted by atomic mass is 16.5. The van der Waals surface area contributed by atoms with Crippen LogP contribution in [0.2, 0.25) is 0 Å². The van der Waals surface area contributed by atoms with E-state index in [1.54, 1.807) is 26.4 Å². The smallest absolute Gasteiger partial charge is 0.125 e. The number of hydrogen-bond acceptors (Lipinski definition) is 5. The van der Waals surface area contributed by atoms with Crippen molar-refractivity contribution in [2.45, 2.75) is 25.6 Å². The minimum atomic E-state index is -0.982. The topological polar surface area (TPSA) is 68.2 Å². The number of rotatable bonds is 9. The molecule has 0 bridgehead atoms. The maximum atomic E-state index is 10.6. The highest BCUT2D eigenvalue weighted by Crippen LogP contribution is 2.33. The minimum Gasteiger partial charge on any atom is -0.496 e. The van der Waals surface area contributed by atoms with E-state index in [2.05, 4.69) is 0 Å². The first-order chi connectivity index (χ1) is 12.1. The average Bonchev–Trinajstić information content (AvgIpc) is 2.65. The number of ether oxygens (including phenoxy) is 3. The summed E-state index contributed by atoms with van der Waals surface area (Å²) in [5.41, 5.74) is 2.58. The van der Waals surface area contributed by atoms with Crippen molar-refractivity contribution in [1.29, 1.82) is 0 Å². The highest BCUT2D eigenvalue weighted by Gasteiger charge is 2.23. The van der Waals surface area contributed by atoms with E-state index in [1.165, 1.54) is 0 Å². The van der Waals surface area contributed by atoms with E-state index in [-0.39, 0.29) is 6.61 Å². The second-order valence-corrected chi connectivity index (χ2v) is 5.82. The number of aliphatic hydroxyl groups is 2. The van der Waals surface area contributed by atoms with Gasteiger partial charge in [-0.05, 0) is 36.6 Å². The largest absolute Gasteiger partial charge is 0.496 e. The highest BCUT2D eigenvalue weighted by molar-refractivity contribution is 5.48. The van der Waals surface area contributed by atoms with Crippen molar-refractivity contribution in [3.05, 3.63) is 59.2 Å². The average molecular weight is 346 g/mol. The molecule has 2 N–H and O–H groups in total. The van der Waals surface area contributed by atoms with Crippen LogP contribution >= 0.6 is 0 Å². The Balaban J connectivity index is 2.07. The SMILES string of the molecule is COc1cc(C(O)C(CO)OCCc2ccccc2)cc(OC)c1C. The molecule has 0 spiro atoms. The van der Waals surface area contributed by atoms with Gasteiger partial charge < -0.3 is 24.4 Å². The molecule has 0 aliphatic rings. The molecule has 0 heterocycles. The van der Waals surface area contributed by atoms with Crippen molar-refractivity contribution in [2.24, 2.45) is 0 Å². The molecule has 5 nitrogen and oxygen atoms in total. The summed E-state index contributed by atoms with van der Waals surface area (Å²) in [5.74, 6) is 1.24. The Labute approximate surface area is 148 Å². The van der Waals surface area contributed by atoms with E-state index in [0.29, 0.717) is 30.1 Å². The lowest BCUT2D eigenvalue weighted by molar-refractivity contribution is -0.0639. The summed E-state index contributed by atoms with van der Waals surface area (Å²) in [6.07, 6.45) is -0.991. The molecule has 2 unspecified atom stereocenters. The first-order valence-corrected chi connectivity index (χ1v) is 8.27. The standard InChI is InChI=1S/C20H26O5/c1-14-17(23-2)11-16(12-18(14)24-3)20(22)19(13-21)25-10-9-15-7-5-4-6-8-15/h4-8,11-12,19-22H,9-10,13H2,1-3H3. The van der Waals surface area contributed by atoms with Gasteiger partial charge in [0.25, 0.3) is 0 Å². The van der Waals surface area contributed by atoms with Gasteiger partial charge in [-0.1, -0.05) is 30.3 Å². The van der Waals surface area contributed by atoms with Gasteiger partial charge in [0.15, 0.2) is 0 Å². The number of methoxy groups -OCH3 is 2. The van der Waals surface area contributed by atoms with Gasteiger partial charge in [-0.15, -0.1) is 0 Å². The summed E-state index contributed by atoms with van der Waals surface area (Å²) < 4.78 is 16.4. The predicted molar refractivity (Wildman–Crippen MR) is 96.2 cm³/mol. The summed E-state index contributed by atoms with van der Waals surface area (Å²) in [7, 11) is 3.13. The van der Waals surface area contributed by atoms with Gasteiger partial charge in [-0.2, -0.15) is 0 Å². The molecule has 25 heavy (non-hydrogen) atoms. The Hall–Kier alpha value is -2.08. The Morgan fingerprint density at radius 1 is 1.00 bits per heavy atom. The van der Waals surface area contributed by atoms with E-state index in [0.717, 1.165) is 11.1 Å². The number of benzene rings is 2. The molecule has 0 aliphatic carbocycles. The van der Waals surface area contributed by atoms with Crippen LogP contribution in [-0.2, 0) is 11.2 Å². The van der Waals surface area contributed by atoms with Crippen LogP contribution in [0.1, 0.15) is 22.8 Å². The third kappa shape index (κ3) is 4.95. The maximum Gasteiger partial charge on any atom is 0.125 e. The van der Waals surface area contributed by atoms with Crippen molar-refractivity contribution in [3.63, 3.8) is 0 Å². The van der Waals surface area contributed by atoms with Crippen molar-refractivity contribution in [1.82, 2.24) is 0 Å². The predicted octanol–water partition coefficient (Wildman–Crippen LogP) is 2.67. The molecule has 0 saturated heterocycles. The zero-order valence-corrected chi connectivity index (χ0v) is 14.9. The molecule has 2 atom stereocenters. The van der Waals surface area contributed by atoms with Crippen LogP contribution in [0.15, 0.2) is 42.5 Å². The van der Waals surface area contributed by atoms with Gasteiger partial charge in [0, 0.05) is 5.56 Å². The summed E-state index contributed by atoms with van der Waals surface area (Å²) in [4.78, 5) is 0. The molecule has 0 radical (unpaired) electrons. The minimum absolute atomic E-state index is 0.283. The maximum absolute atomic E-state index is 10.6. The van der Waals surface area contributed by atoms with Crippen LogP contribution in [0.4, 0.5) is 0 Å². The third-order valence-corrected chi connectivity index (χ3v) is 4.21. The Bertz CT molecular complexity index is 631. The fourth-order valence-electron chi connectivity index (χ4n) is 2.71. The summed E-state index contributed by atoms with van der Waals surface area (Å²) in [5, 5.41) is 20.2. The van der Waals surface area contributed by atoms with E-state index >= 15 is 0 Å². The molecule has 2 aromatic carbocycles. The zero-order valence-electron chi connectivity index (χ0n) is 14.9. The summed E-state index contributed by atoms with van der Waals surface area (Å²) >= 11 is 0. The van der Waals surface area contributed by atoms with Crippen LogP contribution in [0.25, 0.3) is 0 Å². The van der Waals surface area contributed by atoms with Crippen LogP contribution in [-0.4, -0.2) is 43.8 Å². The molecular formula is C20H26O5. The Kier molecular flexibility index (Phi) is 7.25. The van der Waals surface area contributed by atoms with Crippen molar-refractivity contribution in [2.75, 3.05) is 27.4 Å². The lowest BCUT2D eigenvalue weighted by Crippen LogP contribution is -2.27. The number of aliphatic hydroxyl groups excluding tert-OH is 2. The molecular weight excluding hydrogens is 320 g/mol. The Morgan fingerprint density at radius 3 is 2.12 bits per heavy atom. The van der Waals surface area contributed by atoms with Crippen LogP contribution in [0, 0.1) is 6.92 Å². The normalized spacial score (nSPS) is 13.3. The van der Waals surface area contributed by atoms with Crippen molar-refractivity contribution in [3.8, 4) is 11.5 Å². The fourth-order valence-corrected chi connectivity index (χ4v) is 2.71. The van der Waals surface area contributed by atoms with Gasteiger partial charge in [-0.3, -0.25) is 0 Å². The van der Waals surface area contributed by atoms with Gasteiger partial charge in [0.05, 0.1) is 27.4 Å². The first kappa shape index (κ1) is 19.2. The number of hydrogen-bond donors (Lipinski definition) is 2. The van der Waals surface area contributed by atoms with Gasteiger partial charge in [-0.25, -0.2) is 0 Å². The van der Waals surface area contributed by atoms with E-state index in [9.17, 15) is 10.2 Å². The molecule has 2 rings (SSSR count). The third-order valence-electron chi connectivity index (χ3n) is 4.21. The first-order valence-electron chi connectivity index (χ1n) is 8.27. The van der Waals surface area contributed by atoms with Gasteiger partial charge >= 0.3 is 0 Å². The van der Waals surface area contributed by atoms with Gasteiger partial charge in [0.1, 0.15) is 23.7 Å². The summed E-state index contributed by atoms with van der Waals surface area (Å²) in [6.45, 7) is 2.01. The molecule has 0 fully saturated rings. The second-order valence-electron chi connectivity index (χ2n) is 5.82. The van der Waals surface area contributed by atoms with Gasteiger partial charge in [0.2, 0.25) is 0 Å². The van der Waals surface area contributed by atoms with Crippen LogP contribution in [0.3, 0.4) is 0 Å². The molecule has 0 saturated carbocycles. The van der Waals surface area contributed by atoms with Crippen LogP contribution in [0.5, 0.6) is 11.5 Å². The summed E-state index contributed by atoms with van der Waals surface area (Å²) in [6, 6.07) is 13.4. The second kappa shape index (κ2) is 9.42. The van der Waals surface area contributed by atoms with Crippen LogP contribution < -0.4 is 9.47 Å². The molecule has 136 valence electrons. The fraction of sp³-hybridized carbons (Fsp3) is 0.400. The molecule has 0 aromatic heterocycles. The van der Waals surface area contributed by atoms with Crippen molar-refractivity contribution < 1.29 is 24.4 Å². The van der Waals surface area contributed by atoms with E-state index in [4.69, 9.17) is 14.2 Å². The molecule has 0 aliphatic heterocycles. The Morgan fingerprint density at radius 2 is 1.60 bits per heavy atom.